The predicted molar refractivity (Wildman–Crippen MR) is 68.7 cm³/mol. The summed E-state index contributed by atoms with van der Waals surface area (Å²) in [5, 5.41) is 18.0. The van der Waals surface area contributed by atoms with E-state index in [2.05, 4.69) is 9.98 Å². The first-order chi connectivity index (χ1) is 7.41. The van der Waals surface area contributed by atoms with E-state index in [0.29, 0.717) is 13.1 Å². The van der Waals surface area contributed by atoms with Crippen molar-refractivity contribution < 1.29 is 26.7 Å². The van der Waals surface area contributed by atoms with Crippen molar-refractivity contribution in [3.05, 3.63) is 23.7 Å². The average molecular weight is 283 g/mol. The van der Waals surface area contributed by atoms with Crippen molar-refractivity contribution in [2.45, 2.75) is 27.7 Å². The Bertz CT molecular complexity index is 302. The van der Waals surface area contributed by atoms with Gasteiger partial charge in [0, 0.05) is 27.9 Å². The Kier molecular flexibility index (Phi) is 10.9. The van der Waals surface area contributed by atoms with Crippen molar-refractivity contribution in [1.82, 2.24) is 0 Å². The fourth-order valence-corrected chi connectivity index (χ4v) is 1.15. The molecule has 0 aromatic heterocycles. The molecule has 0 aliphatic rings. The van der Waals surface area contributed by atoms with Crippen LogP contribution in [0.2, 0.25) is 0 Å². The second-order valence-corrected chi connectivity index (χ2v) is 3.62. The van der Waals surface area contributed by atoms with Crippen LogP contribution in [0, 0.1) is 0 Å². The molecule has 0 saturated carbocycles. The van der Waals surface area contributed by atoms with Crippen molar-refractivity contribution >= 4 is 11.4 Å². The zero-order valence-electron chi connectivity index (χ0n) is 10.7. The van der Waals surface area contributed by atoms with Crippen LogP contribution < -0.4 is 0 Å². The zero-order chi connectivity index (χ0) is 12.6. The smallest absolute Gasteiger partial charge is 0.0909 e. The Morgan fingerprint density at radius 3 is 1.35 bits per heavy atom. The quantitative estimate of drug-likeness (QED) is 0.352. The molecule has 0 aromatic rings. The first-order valence-electron chi connectivity index (χ1n) is 5.18. The van der Waals surface area contributed by atoms with Crippen LogP contribution in [-0.4, -0.2) is 34.7 Å². The van der Waals surface area contributed by atoms with Crippen molar-refractivity contribution in [3.63, 3.8) is 0 Å². The van der Waals surface area contributed by atoms with Crippen molar-refractivity contribution in [2.75, 3.05) is 13.1 Å². The third-order valence-corrected chi connectivity index (χ3v) is 1.66. The fourth-order valence-electron chi connectivity index (χ4n) is 1.15. The van der Waals surface area contributed by atoms with E-state index >= 15 is 0 Å². The van der Waals surface area contributed by atoms with Gasteiger partial charge in [0.15, 0.2) is 0 Å². The molecule has 0 bridgehead atoms. The molecule has 0 fully saturated rings. The van der Waals surface area contributed by atoms with Crippen molar-refractivity contribution in [1.29, 1.82) is 0 Å². The molecule has 0 unspecified atom stereocenters. The van der Waals surface area contributed by atoms with Gasteiger partial charge in [-0.15, -0.1) is 0 Å². The van der Waals surface area contributed by atoms with Crippen LogP contribution in [0.25, 0.3) is 0 Å². The second kappa shape index (κ2) is 10.1. The number of aliphatic hydroxyl groups is 2. The number of aliphatic hydroxyl groups excluding tert-OH is 2. The molecular weight excluding hydrogens is 263 g/mol. The summed E-state index contributed by atoms with van der Waals surface area (Å²) < 4.78 is 0. The van der Waals surface area contributed by atoms with Gasteiger partial charge < -0.3 is 10.2 Å². The van der Waals surface area contributed by atoms with E-state index in [1.165, 1.54) is 0 Å². The van der Waals surface area contributed by atoms with Crippen molar-refractivity contribution in [3.8, 4) is 0 Å². The summed E-state index contributed by atoms with van der Waals surface area (Å²) in [5.74, 6) is 0.500. The van der Waals surface area contributed by atoms with Gasteiger partial charge in [-0.05, 0) is 39.8 Å². The summed E-state index contributed by atoms with van der Waals surface area (Å²) in [6, 6.07) is 0. The van der Waals surface area contributed by atoms with Crippen molar-refractivity contribution in [2.24, 2.45) is 9.98 Å². The Morgan fingerprint density at radius 1 is 0.824 bits per heavy atom. The van der Waals surface area contributed by atoms with Crippen LogP contribution in [-0.2, 0) is 16.5 Å². The minimum absolute atomic E-state index is 0. The topological polar surface area (TPSA) is 65.2 Å². The summed E-state index contributed by atoms with van der Waals surface area (Å²) in [7, 11) is 0. The Labute approximate surface area is 113 Å². The molecule has 4 nitrogen and oxygen atoms in total. The number of nitrogens with zero attached hydrogens (tertiary/aromatic N) is 2. The van der Waals surface area contributed by atoms with Gasteiger partial charge in [0.05, 0.1) is 24.6 Å². The molecule has 0 heterocycles. The molecule has 0 radical (unpaired) electrons. The molecule has 0 saturated heterocycles. The fraction of sp³-hybridized carbons (Fsp3) is 0.500. The third kappa shape index (κ3) is 12.8. The van der Waals surface area contributed by atoms with Gasteiger partial charge in [-0.1, -0.05) is 0 Å². The van der Waals surface area contributed by atoms with E-state index in [1.54, 1.807) is 26.0 Å². The number of hydrogen-bond donors (Lipinski definition) is 2. The molecule has 0 aromatic carbocycles. The molecule has 0 spiro atoms. The molecule has 0 aliphatic carbocycles. The molecule has 0 amide bonds. The van der Waals surface area contributed by atoms with Gasteiger partial charge in [0.25, 0.3) is 0 Å². The zero-order valence-corrected chi connectivity index (χ0v) is 11.7. The standard InChI is InChI=1S/C12H20N2O2.Ni/c1-9(7-11(3)15)13-5-6-14-10(2)8-12(4)16;/h7-8,15-16H,5-6H2,1-4H3;/b11-7-,12-8-,13-9?,14-10?;. The average Bonchev–Trinajstić information content (AvgIpc) is 2.10. The Morgan fingerprint density at radius 2 is 1.12 bits per heavy atom. The summed E-state index contributed by atoms with van der Waals surface area (Å²) in [4.78, 5) is 8.41. The molecule has 0 atom stereocenters. The van der Waals surface area contributed by atoms with Crippen LogP contribution in [0.15, 0.2) is 33.7 Å². The van der Waals surface area contributed by atoms with Gasteiger partial charge in [-0.3, -0.25) is 9.98 Å². The molecular formula is C12H20N2NiO2. The first-order valence-corrected chi connectivity index (χ1v) is 5.18. The molecule has 0 aliphatic heterocycles. The van der Waals surface area contributed by atoms with Crippen LogP contribution in [0.4, 0.5) is 0 Å². The van der Waals surface area contributed by atoms with E-state index < -0.39 is 0 Å². The van der Waals surface area contributed by atoms with Crippen LogP contribution in [0.1, 0.15) is 27.7 Å². The second-order valence-electron chi connectivity index (χ2n) is 3.62. The minimum Gasteiger partial charge on any atom is -0.513 e. The summed E-state index contributed by atoms with van der Waals surface area (Å²) in [6.07, 6.45) is 3.21. The normalized spacial score (nSPS) is 14.6. The van der Waals surface area contributed by atoms with E-state index in [-0.39, 0.29) is 28.0 Å². The first kappa shape index (κ1) is 18.3. The van der Waals surface area contributed by atoms with E-state index in [4.69, 9.17) is 10.2 Å². The van der Waals surface area contributed by atoms with E-state index in [1.807, 2.05) is 13.8 Å². The minimum atomic E-state index is 0. The van der Waals surface area contributed by atoms with Gasteiger partial charge in [0.2, 0.25) is 0 Å². The van der Waals surface area contributed by atoms with Crippen LogP contribution in [0.5, 0.6) is 0 Å². The van der Waals surface area contributed by atoms with Gasteiger partial charge in [0.1, 0.15) is 0 Å². The number of aliphatic imine (C=N–C) groups is 2. The third-order valence-electron chi connectivity index (χ3n) is 1.66. The van der Waals surface area contributed by atoms with Gasteiger partial charge >= 0.3 is 0 Å². The number of allylic oxidation sites excluding steroid dienone is 4. The summed E-state index contributed by atoms with van der Waals surface area (Å²) >= 11 is 0. The largest absolute Gasteiger partial charge is 0.513 e. The van der Waals surface area contributed by atoms with Gasteiger partial charge in [-0.25, -0.2) is 0 Å². The summed E-state index contributed by atoms with van der Waals surface area (Å²) in [6.45, 7) is 8.02. The Balaban J connectivity index is 0. The molecule has 2 N–H and O–H groups in total. The van der Waals surface area contributed by atoms with Crippen LogP contribution >= 0.6 is 0 Å². The SMILES string of the molecule is CC(/C=C(/C)O)=NCCN=C(C)/C=C(/C)O.[Ni]. The maximum absolute atomic E-state index is 8.98. The molecule has 100 valence electrons. The number of hydrogen-bond acceptors (Lipinski definition) is 4. The van der Waals surface area contributed by atoms with E-state index in [9.17, 15) is 0 Å². The molecule has 17 heavy (non-hydrogen) atoms. The molecule has 0 rings (SSSR count). The molecule has 5 heteroatoms. The van der Waals surface area contributed by atoms with Crippen LogP contribution in [0.3, 0.4) is 0 Å². The monoisotopic (exact) mass is 282 g/mol. The summed E-state index contributed by atoms with van der Waals surface area (Å²) in [5.41, 5.74) is 1.56. The Hall–Kier alpha value is -1.09. The maximum Gasteiger partial charge on any atom is 0.0909 e. The van der Waals surface area contributed by atoms with E-state index in [0.717, 1.165) is 11.4 Å². The van der Waals surface area contributed by atoms with Gasteiger partial charge in [-0.2, -0.15) is 0 Å². The maximum atomic E-state index is 8.98. The predicted octanol–water partition coefficient (Wildman–Crippen LogP) is 2.83. The number of rotatable bonds is 5.